The zero-order chi connectivity index (χ0) is 32.3. The molecule has 0 unspecified atom stereocenters. The molecule has 2 amide bonds. The summed E-state index contributed by atoms with van der Waals surface area (Å²) in [4.78, 5) is 59.6. The van der Waals surface area contributed by atoms with Crippen LogP contribution in [-0.2, 0) is 43.2 Å². The Balaban J connectivity index is 1.86. The number of aromatic amines is 2. The number of methoxy groups -OCH3 is 1. The maximum absolute atomic E-state index is 12.4. The second-order valence-corrected chi connectivity index (χ2v) is 11.3. The Hall–Kier alpha value is -4.73. The smallest absolute Gasteiger partial charge is 0.305 e. The molecule has 10 nitrogen and oxygen atoms in total. The molecular weight excluding hydrogens is 560 g/mol. The number of carbonyl (C=O) groups is 4. The fourth-order valence-corrected chi connectivity index (χ4v) is 6.00. The molecule has 4 N–H and O–H groups in total. The third kappa shape index (κ3) is 6.44. The third-order valence-corrected chi connectivity index (χ3v) is 8.72. The summed E-state index contributed by atoms with van der Waals surface area (Å²) in [6.45, 7) is 13.3. The number of rotatable bonds is 11. The average molecular weight is 601 g/mol. The Morgan fingerprint density at radius 1 is 1.02 bits per heavy atom. The highest BCUT2D eigenvalue weighted by Gasteiger charge is 2.29. The minimum absolute atomic E-state index is 0.0572. The largest absolute Gasteiger partial charge is 0.481 e. The molecule has 2 aromatic heterocycles. The van der Waals surface area contributed by atoms with Crippen LogP contribution in [0.5, 0.6) is 0 Å². The van der Waals surface area contributed by atoms with Crippen molar-refractivity contribution in [1.29, 1.82) is 0 Å². The van der Waals surface area contributed by atoms with Crippen molar-refractivity contribution >= 4 is 41.6 Å². The quantitative estimate of drug-likeness (QED) is 0.291. The first-order valence-corrected chi connectivity index (χ1v) is 14.7. The van der Waals surface area contributed by atoms with E-state index in [-0.39, 0.29) is 42.6 Å². The van der Waals surface area contributed by atoms with Gasteiger partial charge in [-0.3, -0.25) is 19.2 Å². The second-order valence-electron chi connectivity index (χ2n) is 11.3. The lowest BCUT2D eigenvalue weighted by Gasteiger charge is -2.12. The van der Waals surface area contributed by atoms with Crippen molar-refractivity contribution in [2.75, 3.05) is 7.11 Å². The first kappa shape index (κ1) is 32.2. The predicted molar refractivity (Wildman–Crippen MR) is 169 cm³/mol. The second kappa shape index (κ2) is 13.3. The van der Waals surface area contributed by atoms with Crippen LogP contribution in [0.4, 0.5) is 0 Å². The van der Waals surface area contributed by atoms with E-state index < -0.39 is 5.97 Å². The number of esters is 1. The normalized spacial score (nSPS) is 20.1. The number of aliphatic carboxylic acids is 1. The van der Waals surface area contributed by atoms with Crippen LogP contribution in [-0.4, -0.2) is 57.7 Å². The Morgan fingerprint density at radius 2 is 1.73 bits per heavy atom. The molecule has 2 atom stereocenters. The van der Waals surface area contributed by atoms with Crippen LogP contribution in [0.2, 0.25) is 0 Å². The van der Waals surface area contributed by atoms with Gasteiger partial charge in [-0.15, -0.1) is 0 Å². The van der Waals surface area contributed by atoms with E-state index in [1.807, 2.05) is 52.8 Å². The molecule has 0 saturated heterocycles. The van der Waals surface area contributed by atoms with E-state index in [0.717, 1.165) is 55.5 Å². The van der Waals surface area contributed by atoms with Gasteiger partial charge in [0.15, 0.2) is 0 Å². The van der Waals surface area contributed by atoms with Crippen LogP contribution in [0.1, 0.15) is 67.3 Å². The maximum atomic E-state index is 12.4. The van der Waals surface area contributed by atoms with Crippen LogP contribution in [0.25, 0.3) is 12.2 Å². The fraction of sp³-hybridized carbons (Fsp3) is 0.382. The molecule has 0 saturated carbocycles. The van der Waals surface area contributed by atoms with Gasteiger partial charge >= 0.3 is 11.9 Å². The number of nitrogens with zero attached hydrogens (tertiary/aromatic N) is 1. The number of nitrogens with one attached hydrogen (secondary N) is 3. The fourth-order valence-electron chi connectivity index (χ4n) is 6.00. The van der Waals surface area contributed by atoms with Gasteiger partial charge in [-0.25, -0.2) is 4.99 Å². The van der Waals surface area contributed by atoms with Crippen molar-refractivity contribution in [2.24, 2.45) is 10.9 Å². The summed E-state index contributed by atoms with van der Waals surface area (Å²) >= 11 is 0. The van der Waals surface area contributed by atoms with Crippen molar-refractivity contribution in [3.63, 3.8) is 0 Å². The Kier molecular flexibility index (Phi) is 9.71. The van der Waals surface area contributed by atoms with Gasteiger partial charge in [0.05, 0.1) is 24.8 Å². The van der Waals surface area contributed by atoms with E-state index in [4.69, 9.17) is 4.74 Å². The lowest BCUT2D eigenvalue weighted by atomic mass is 9.98. The van der Waals surface area contributed by atoms with Crippen LogP contribution < -0.4 is 16.0 Å². The van der Waals surface area contributed by atoms with Gasteiger partial charge in [-0.05, 0) is 93.0 Å². The van der Waals surface area contributed by atoms with Crippen molar-refractivity contribution < 1.29 is 29.0 Å². The molecule has 0 aromatic carbocycles. The van der Waals surface area contributed by atoms with Crippen molar-refractivity contribution in [3.8, 4) is 0 Å². The standard InChI is InChI=1S/C34H40N4O6/c1-8-21-20(6)33(42)38-28(21)15-26-18(4)23(10-12-31(39)40)29(36-26)16-30-24(11-13-32(41)44-7)19(5)25(35-30)14-27-17(3)22(9-2)34(43)37-27/h8-9,15-16,20,27,35-36H,2,10-14H2,1,3-7H3,(H,37,43)(H,39,40)/b21-8+,26-15+,29-16-/t20-,27-/m1/s1. The Morgan fingerprint density at radius 3 is 2.34 bits per heavy atom. The molecule has 2 aromatic rings. The van der Waals surface area contributed by atoms with E-state index in [0.29, 0.717) is 30.5 Å². The Bertz CT molecular complexity index is 1760. The highest BCUT2D eigenvalue weighted by molar-refractivity contribution is 6.29. The first-order chi connectivity index (χ1) is 20.9. The SMILES string of the molecule is C=CC1=C(C)[C@@H](Cc2[nH]c(/C=c3\[nH]/c(=C/C4=NC(=O)[C@H](C)/C4=C\C)c(C)c3CCC(=O)O)c(CCC(=O)OC)c2C)NC1=O. The number of allylic oxidation sites excluding steroid dienone is 1. The topological polar surface area (TPSA) is 154 Å². The molecular formula is C34H40N4O6. The van der Waals surface area contributed by atoms with Gasteiger partial charge < -0.3 is 25.1 Å². The molecule has 232 valence electrons. The summed E-state index contributed by atoms with van der Waals surface area (Å²) in [5, 5.41) is 13.9. The van der Waals surface area contributed by atoms with Crippen molar-refractivity contribution in [2.45, 2.75) is 72.8 Å². The summed E-state index contributed by atoms with van der Waals surface area (Å²) < 4.78 is 4.90. The summed E-state index contributed by atoms with van der Waals surface area (Å²) in [6.07, 6.45) is 8.61. The van der Waals surface area contributed by atoms with Crippen LogP contribution >= 0.6 is 0 Å². The van der Waals surface area contributed by atoms with Gasteiger partial charge in [0, 0.05) is 46.9 Å². The molecule has 10 heteroatoms. The molecule has 0 fully saturated rings. The van der Waals surface area contributed by atoms with E-state index in [9.17, 15) is 24.3 Å². The number of ether oxygens (including phenoxy) is 1. The van der Waals surface area contributed by atoms with E-state index in [1.54, 1.807) is 6.08 Å². The number of carbonyl (C=O) groups excluding carboxylic acids is 3. The first-order valence-electron chi connectivity index (χ1n) is 14.7. The van der Waals surface area contributed by atoms with Crippen molar-refractivity contribution in [3.05, 3.63) is 79.8 Å². The molecule has 0 aliphatic carbocycles. The maximum Gasteiger partial charge on any atom is 0.305 e. The van der Waals surface area contributed by atoms with Gasteiger partial charge in [0.2, 0.25) is 0 Å². The summed E-state index contributed by atoms with van der Waals surface area (Å²) in [7, 11) is 1.36. The van der Waals surface area contributed by atoms with Gasteiger partial charge in [-0.1, -0.05) is 18.7 Å². The number of amides is 2. The highest BCUT2D eigenvalue weighted by Crippen LogP contribution is 2.27. The van der Waals surface area contributed by atoms with E-state index >= 15 is 0 Å². The van der Waals surface area contributed by atoms with E-state index in [2.05, 4.69) is 26.9 Å². The van der Waals surface area contributed by atoms with Gasteiger partial charge in [-0.2, -0.15) is 0 Å². The number of H-pyrrole nitrogens is 2. The summed E-state index contributed by atoms with van der Waals surface area (Å²) in [6, 6.07) is -0.202. The predicted octanol–water partition coefficient (Wildman–Crippen LogP) is 2.80. The minimum Gasteiger partial charge on any atom is -0.481 e. The number of aromatic nitrogens is 2. The van der Waals surface area contributed by atoms with E-state index in [1.165, 1.54) is 7.11 Å². The zero-order valence-electron chi connectivity index (χ0n) is 26.1. The number of hydrogen-bond donors (Lipinski definition) is 4. The van der Waals surface area contributed by atoms with Crippen LogP contribution in [0.15, 0.2) is 40.4 Å². The molecule has 0 radical (unpaired) electrons. The molecule has 2 aliphatic heterocycles. The van der Waals surface area contributed by atoms with Crippen LogP contribution in [0.3, 0.4) is 0 Å². The summed E-state index contributed by atoms with van der Waals surface area (Å²) in [5.74, 6) is -1.90. The molecule has 4 rings (SSSR count). The third-order valence-electron chi connectivity index (χ3n) is 8.72. The Labute approximate surface area is 256 Å². The highest BCUT2D eigenvalue weighted by atomic mass is 16.5. The molecule has 0 spiro atoms. The lowest BCUT2D eigenvalue weighted by molar-refractivity contribution is -0.140. The molecule has 0 bridgehead atoms. The minimum atomic E-state index is -0.907. The monoisotopic (exact) mass is 600 g/mol. The van der Waals surface area contributed by atoms with Gasteiger partial charge in [0.1, 0.15) is 0 Å². The zero-order valence-corrected chi connectivity index (χ0v) is 26.1. The lowest BCUT2D eigenvalue weighted by Crippen LogP contribution is -2.30. The number of carboxylic acids is 1. The average Bonchev–Trinajstić information content (AvgIpc) is 3.63. The van der Waals surface area contributed by atoms with Crippen LogP contribution in [0, 0.1) is 19.8 Å². The molecule has 4 heterocycles. The number of aliphatic imine (C=N–C) groups is 1. The number of hydrogen-bond acceptors (Lipinski definition) is 5. The molecule has 2 aliphatic rings. The van der Waals surface area contributed by atoms with Gasteiger partial charge in [0.25, 0.3) is 11.8 Å². The number of carboxylic acid groups (broad SMARTS) is 1. The van der Waals surface area contributed by atoms with Crippen molar-refractivity contribution in [1.82, 2.24) is 15.3 Å². The summed E-state index contributed by atoms with van der Waals surface area (Å²) in [5.41, 5.74) is 8.23. The molecule has 44 heavy (non-hydrogen) atoms.